The molecule has 0 heterocycles. The molecular weight excluding hydrogens is 285 g/mol. The van der Waals surface area contributed by atoms with Gasteiger partial charge in [-0.15, -0.1) is 0 Å². The highest BCUT2D eigenvalue weighted by molar-refractivity contribution is 6.37. The van der Waals surface area contributed by atoms with Crippen molar-refractivity contribution in [2.45, 2.75) is 0 Å². The molecule has 0 aromatic heterocycles. The van der Waals surface area contributed by atoms with Gasteiger partial charge in [-0.1, -0.05) is 23.2 Å². The fraction of sp³-hybridized carbons (Fsp3) is 0. The maximum Gasteiger partial charge on any atom is 0.257 e. The molecule has 5 N–H and O–H groups in total. The molecule has 1 amide bonds. The first-order valence-corrected chi connectivity index (χ1v) is 6.14. The van der Waals surface area contributed by atoms with Gasteiger partial charge in [0.25, 0.3) is 5.91 Å². The van der Waals surface area contributed by atoms with E-state index in [1.807, 2.05) is 0 Å². The van der Waals surface area contributed by atoms with Crippen LogP contribution in [0.1, 0.15) is 10.4 Å². The second kappa shape index (κ2) is 5.38. The van der Waals surface area contributed by atoms with E-state index in [1.54, 1.807) is 30.3 Å². The van der Waals surface area contributed by atoms with Gasteiger partial charge in [-0.2, -0.15) is 0 Å². The van der Waals surface area contributed by atoms with Gasteiger partial charge >= 0.3 is 0 Å². The predicted octanol–water partition coefficient (Wildman–Crippen LogP) is 3.41. The van der Waals surface area contributed by atoms with Gasteiger partial charge in [0.15, 0.2) is 0 Å². The van der Waals surface area contributed by atoms with Crippen molar-refractivity contribution in [3.63, 3.8) is 0 Å². The molecule has 4 nitrogen and oxygen atoms in total. The molecule has 0 fully saturated rings. The summed E-state index contributed by atoms with van der Waals surface area (Å²) in [5.74, 6) is -0.363. The molecule has 6 heteroatoms. The minimum Gasteiger partial charge on any atom is -0.399 e. The number of nitrogens with two attached hydrogens (primary N) is 2. The molecule has 0 bridgehead atoms. The zero-order chi connectivity index (χ0) is 14.0. The van der Waals surface area contributed by atoms with Crippen LogP contribution in [0.5, 0.6) is 0 Å². The van der Waals surface area contributed by atoms with Gasteiger partial charge in [0.2, 0.25) is 0 Å². The molecular formula is C13H11Cl2N3O. The second-order valence-corrected chi connectivity index (χ2v) is 4.77. The van der Waals surface area contributed by atoms with Crippen LogP contribution < -0.4 is 16.8 Å². The van der Waals surface area contributed by atoms with E-state index < -0.39 is 0 Å². The standard InChI is InChI=1S/C13H11Cl2N3O/c14-7-1-3-9(10(15)5-7)13(19)18-12-4-2-8(16)6-11(12)17/h1-6H,16-17H2,(H,18,19). The topological polar surface area (TPSA) is 81.1 Å². The summed E-state index contributed by atoms with van der Waals surface area (Å²) >= 11 is 11.7. The first kappa shape index (κ1) is 13.5. The zero-order valence-electron chi connectivity index (χ0n) is 9.78. The summed E-state index contributed by atoms with van der Waals surface area (Å²) < 4.78 is 0. The Morgan fingerprint density at radius 1 is 1.05 bits per heavy atom. The summed E-state index contributed by atoms with van der Waals surface area (Å²) in [6.45, 7) is 0. The molecule has 2 aromatic rings. The van der Waals surface area contributed by atoms with Crippen LogP contribution in [-0.4, -0.2) is 5.91 Å². The number of rotatable bonds is 2. The first-order valence-electron chi connectivity index (χ1n) is 5.39. The van der Waals surface area contributed by atoms with Crippen molar-refractivity contribution >= 4 is 46.2 Å². The van der Waals surface area contributed by atoms with Crippen molar-refractivity contribution in [1.82, 2.24) is 0 Å². The van der Waals surface area contributed by atoms with Gasteiger partial charge < -0.3 is 16.8 Å². The molecule has 0 aliphatic rings. The molecule has 0 aliphatic carbocycles. The molecule has 0 aliphatic heterocycles. The number of halogens is 2. The van der Waals surface area contributed by atoms with Crippen LogP contribution in [0, 0.1) is 0 Å². The van der Waals surface area contributed by atoms with Crippen molar-refractivity contribution in [1.29, 1.82) is 0 Å². The van der Waals surface area contributed by atoms with Gasteiger partial charge in [0.05, 0.1) is 22.0 Å². The number of nitrogens with one attached hydrogen (secondary N) is 1. The van der Waals surface area contributed by atoms with Crippen LogP contribution in [0.3, 0.4) is 0 Å². The van der Waals surface area contributed by atoms with Crippen LogP contribution in [0.4, 0.5) is 17.1 Å². The number of hydrogen-bond acceptors (Lipinski definition) is 3. The third-order valence-electron chi connectivity index (χ3n) is 2.50. The van der Waals surface area contributed by atoms with E-state index >= 15 is 0 Å². The van der Waals surface area contributed by atoms with Crippen molar-refractivity contribution in [2.75, 3.05) is 16.8 Å². The Morgan fingerprint density at radius 2 is 1.79 bits per heavy atom. The zero-order valence-corrected chi connectivity index (χ0v) is 11.3. The minimum absolute atomic E-state index is 0.277. The number of benzene rings is 2. The maximum absolute atomic E-state index is 12.1. The average molecular weight is 296 g/mol. The molecule has 0 saturated heterocycles. The molecule has 0 radical (unpaired) electrons. The SMILES string of the molecule is Nc1ccc(NC(=O)c2ccc(Cl)cc2Cl)c(N)c1. The Hall–Kier alpha value is -1.91. The van der Waals surface area contributed by atoms with Crippen LogP contribution in [0.15, 0.2) is 36.4 Å². The number of nitrogen functional groups attached to an aromatic ring is 2. The lowest BCUT2D eigenvalue weighted by Crippen LogP contribution is -2.13. The van der Waals surface area contributed by atoms with Crippen LogP contribution in [0.25, 0.3) is 0 Å². The predicted molar refractivity (Wildman–Crippen MR) is 79.7 cm³/mol. The normalized spacial score (nSPS) is 10.2. The van der Waals surface area contributed by atoms with Crippen LogP contribution >= 0.6 is 23.2 Å². The Labute approximate surface area is 120 Å². The van der Waals surface area contributed by atoms with Crippen molar-refractivity contribution < 1.29 is 4.79 Å². The van der Waals surface area contributed by atoms with E-state index in [0.717, 1.165) is 0 Å². The Kier molecular flexibility index (Phi) is 3.83. The lowest BCUT2D eigenvalue weighted by atomic mass is 10.2. The lowest BCUT2D eigenvalue weighted by molar-refractivity contribution is 0.102. The van der Waals surface area contributed by atoms with E-state index in [0.29, 0.717) is 27.6 Å². The summed E-state index contributed by atoms with van der Waals surface area (Å²) in [5, 5.41) is 3.41. The number of carbonyl (C=O) groups is 1. The van der Waals surface area contributed by atoms with E-state index in [-0.39, 0.29) is 10.9 Å². The fourth-order valence-corrected chi connectivity index (χ4v) is 2.05. The van der Waals surface area contributed by atoms with E-state index in [2.05, 4.69) is 5.32 Å². The Morgan fingerprint density at radius 3 is 2.42 bits per heavy atom. The van der Waals surface area contributed by atoms with Crippen LogP contribution in [-0.2, 0) is 0 Å². The smallest absolute Gasteiger partial charge is 0.257 e. The molecule has 0 spiro atoms. The lowest BCUT2D eigenvalue weighted by Gasteiger charge is -2.10. The van der Waals surface area contributed by atoms with Gasteiger partial charge in [0.1, 0.15) is 0 Å². The van der Waals surface area contributed by atoms with Gasteiger partial charge in [-0.3, -0.25) is 4.79 Å². The molecule has 98 valence electrons. The maximum atomic E-state index is 12.1. The minimum atomic E-state index is -0.363. The van der Waals surface area contributed by atoms with E-state index in [4.69, 9.17) is 34.7 Å². The first-order chi connectivity index (χ1) is 8.97. The highest BCUT2D eigenvalue weighted by atomic mass is 35.5. The Balaban J connectivity index is 2.25. The molecule has 0 atom stereocenters. The number of hydrogen-bond donors (Lipinski definition) is 3. The molecule has 19 heavy (non-hydrogen) atoms. The summed E-state index contributed by atoms with van der Waals surface area (Å²) in [7, 11) is 0. The second-order valence-electron chi connectivity index (χ2n) is 3.92. The Bertz CT molecular complexity index is 644. The summed E-state index contributed by atoms with van der Waals surface area (Å²) in [5.41, 5.74) is 13.1. The van der Waals surface area contributed by atoms with Gasteiger partial charge in [-0.05, 0) is 36.4 Å². The average Bonchev–Trinajstić information content (AvgIpc) is 2.32. The molecule has 2 rings (SSSR count). The number of anilines is 3. The molecule has 0 unspecified atom stereocenters. The summed E-state index contributed by atoms with van der Waals surface area (Å²) in [6, 6.07) is 9.49. The third kappa shape index (κ3) is 3.10. The van der Waals surface area contributed by atoms with E-state index in [9.17, 15) is 4.79 Å². The van der Waals surface area contributed by atoms with Crippen molar-refractivity contribution in [2.24, 2.45) is 0 Å². The summed E-state index contributed by atoms with van der Waals surface area (Å²) in [4.78, 5) is 12.1. The number of amides is 1. The largest absolute Gasteiger partial charge is 0.399 e. The quantitative estimate of drug-likeness (QED) is 0.743. The highest BCUT2D eigenvalue weighted by Crippen LogP contribution is 2.25. The molecule has 2 aromatic carbocycles. The highest BCUT2D eigenvalue weighted by Gasteiger charge is 2.12. The number of carbonyl (C=O) groups excluding carboxylic acids is 1. The monoisotopic (exact) mass is 295 g/mol. The summed E-state index contributed by atoms with van der Waals surface area (Å²) in [6.07, 6.45) is 0. The third-order valence-corrected chi connectivity index (χ3v) is 3.05. The fourth-order valence-electron chi connectivity index (χ4n) is 1.56. The molecule has 0 saturated carbocycles. The van der Waals surface area contributed by atoms with Gasteiger partial charge in [-0.25, -0.2) is 0 Å². The van der Waals surface area contributed by atoms with Crippen molar-refractivity contribution in [3.8, 4) is 0 Å². The van der Waals surface area contributed by atoms with Crippen molar-refractivity contribution in [3.05, 3.63) is 52.0 Å². The van der Waals surface area contributed by atoms with Crippen LogP contribution in [0.2, 0.25) is 10.0 Å². The van der Waals surface area contributed by atoms with Gasteiger partial charge in [0, 0.05) is 10.7 Å². The van der Waals surface area contributed by atoms with E-state index in [1.165, 1.54) is 6.07 Å².